The number of hydrogen-bond donors (Lipinski definition) is 3. The molecule has 2 amide bonds. The van der Waals surface area contributed by atoms with Gasteiger partial charge in [0.25, 0.3) is 0 Å². The van der Waals surface area contributed by atoms with Crippen LogP contribution in [0.25, 0.3) is 0 Å². The molecule has 0 bridgehead atoms. The Morgan fingerprint density at radius 2 is 1.89 bits per heavy atom. The van der Waals surface area contributed by atoms with Crippen molar-refractivity contribution in [3.8, 4) is 0 Å². The van der Waals surface area contributed by atoms with Crippen LogP contribution in [0.4, 0.5) is 4.39 Å². The highest BCUT2D eigenvalue weighted by molar-refractivity contribution is 5.81. The summed E-state index contributed by atoms with van der Waals surface area (Å²) in [4.78, 5) is 28.4. The van der Waals surface area contributed by atoms with E-state index in [1.807, 2.05) is 12.1 Å². The number of aliphatic hydroxyl groups is 1. The lowest BCUT2D eigenvalue weighted by molar-refractivity contribution is -0.125. The fourth-order valence-electron chi connectivity index (χ4n) is 3.29. The van der Waals surface area contributed by atoms with E-state index in [1.165, 1.54) is 6.07 Å². The number of nitrogens with one attached hydrogen (secondary N) is 2. The molecule has 2 aromatic rings. The third-order valence-electron chi connectivity index (χ3n) is 4.77. The fraction of sp³-hybridized carbons (Fsp3) is 0.350. The minimum absolute atomic E-state index is 0.102. The summed E-state index contributed by atoms with van der Waals surface area (Å²) < 4.78 is 13.6. The number of rotatable bonds is 6. The molecular formula is C20H22FN3O3. The predicted molar refractivity (Wildman–Crippen MR) is 96.8 cm³/mol. The molecule has 1 aromatic carbocycles. The van der Waals surface area contributed by atoms with Gasteiger partial charge in [0.1, 0.15) is 5.82 Å². The van der Waals surface area contributed by atoms with Crippen molar-refractivity contribution in [1.29, 1.82) is 0 Å². The van der Waals surface area contributed by atoms with E-state index >= 15 is 0 Å². The van der Waals surface area contributed by atoms with E-state index in [4.69, 9.17) is 0 Å². The molecule has 27 heavy (non-hydrogen) atoms. The summed E-state index contributed by atoms with van der Waals surface area (Å²) in [6, 6.07) is 9.20. The number of benzene rings is 1. The third-order valence-corrected chi connectivity index (χ3v) is 4.77. The van der Waals surface area contributed by atoms with Crippen LogP contribution < -0.4 is 10.6 Å². The Bertz CT molecular complexity index is 800. The lowest BCUT2D eigenvalue weighted by Crippen LogP contribution is -2.41. The number of carbonyl (C=O) groups excluding carboxylic acids is 2. The van der Waals surface area contributed by atoms with Gasteiger partial charge in [-0.15, -0.1) is 0 Å². The van der Waals surface area contributed by atoms with Gasteiger partial charge in [-0.25, -0.2) is 4.39 Å². The van der Waals surface area contributed by atoms with Gasteiger partial charge in [0, 0.05) is 24.9 Å². The van der Waals surface area contributed by atoms with E-state index in [-0.39, 0.29) is 30.6 Å². The molecule has 0 spiro atoms. The van der Waals surface area contributed by atoms with E-state index in [2.05, 4.69) is 15.6 Å². The van der Waals surface area contributed by atoms with Crippen LogP contribution in [-0.2, 0) is 22.6 Å². The number of nitrogens with zero attached hydrogens (tertiary/aromatic N) is 1. The molecule has 3 atom stereocenters. The molecule has 3 N–H and O–H groups in total. The predicted octanol–water partition coefficient (Wildman–Crippen LogP) is 1.34. The van der Waals surface area contributed by atoms with E-state index in [9.17, 15) is 19.1 Å². The van der Waals surface area contributed by atoms with Crippen LogP contribution in [-0.4, -0.2) is 34.1 Å². The molecule has 0 aliphatic heterocycles. The summed E-state index contributed by atoms with van der Waals surface area (Å²) >= 11 is 0. The number of aromatic nitrogens is 1. The smallest absolute Gasteiger partial charge is 0.224 e. The van der Waals surface area contributed by atoms with Gasteiger partial charge in [-0.3, -0.25) is 14.6 Å². The SMILES string of the molecule is O=C(Cc1ccccc1F)N[C@@H]1C[C@H](C(=O)NCc2ccncc2)C[C@H]1O. The van der Waals surface area contributed by atoms with E-state index < -0.39 is 18.0 Å². The largest absolute Gasteiger partial charge is 0.391 e. The van der Waals surface area contributed by atoms with Gasteiger partial charge in [-0.05, 0) is 42.2 Å². The molecule has 7 heteroatoms. The van der Waals surface area contributed by atoms with Crippen molar-refractivity contribution in [2.45, 2.75) is 38.0 Å². The van der Waals surface area contributed by atoms with Crippen molar-refractivity contribution in [3.63, 3.8) is 0 Å². The molecule has 1 aromatic heterocycles. The first kappa shape index (κ1) is 19.0. The molecule has 142 valence electrons. The minimum atomic E-state index is -0.800. The Morgan fingerprint density at radius 3 is 2.63 bits per heavy atom. The third kappa shape index (κ3) is 5.10. The zero-order chi connectivity index (χ0) is 19.2. The summed E-state index contributed by atoms with van der Waals surface area (Å²) in [7, 11) is 0. The van der Waals surface area contributed by atoms with E-state index in [1.54, 1.807) is 30.6 Å². The second kappa shape index (κ2) is 8.73. The molecule has 1 saturated carbocycles. The van der Waals surface area contributed by atoms with Gasteiger partial charge >= 0.3 is 0 Å². The zero-order valence-corrected chi connectivity index (χ0v) is 14.8. The summed E-state index contributed by atoms with van der Waals surface area (Å²) in [6.45, 7) is 0.387. The zero-order valence-electron chi connectivity index (χ0n) is 14.8. The first-order valence-corrected chi connectivity index (χ1v) is 8.90. The molecule has 0 radical (unpaired) electrons. The second-order valence-electron chi connectivity index (χ2n) is 6.75. The maximum Gasteiger partial charge on any atom is 0.224 e. The van der Waals surface area contributed by atoms with Crippen molar-refractivity contribution in [2.24, 2.45) is 5.92 Å². The number of hydrogen-bond acceptors (Lipinski definition) is 4. The number of pyridine rings is 1. The molecule has 1 fully saturated rings. The summed E-state index contributed by atoms with van der Waals surface area (Å²) in [5.74, 6) is -1.34. The van der Waals surface area contributed by atoms with Crippen LogP contribution in [0, 0.1) is 11.7 Å². The van der Waals surface area contributed by atoms with Gasteiger partial charge in [0.2, 0.25) is 11.8 Å². The summed E-state index contributed by atoms with van der Waals surface area (Å²) in [5.41, 5.74) is 1.24. The van der Waals surface area contributed by atoms with Crippen LogP contribution in [0.15, 0.2) is 48.8 Å². The molecule has 0 unspecified atom stereocenters. The standard InChI is InChI=1S/C20H22FN3O3/c21-16-4-2-1-3-14(16)11-19(26)24-17-9-15(10-18(17)25)20(27)23-12-13-5-7-22-8-6-13/h1-8,15,17-18,25H,9-12H2,(H,23,27)(H,24,26)/t15-,17+,18+/m0/s1. The Kier molecular flexibility index (Phi) is 6.13. The van der Waals surface area contributed by atoms with Crippen molar-refractivity contribution in [2.75, 3.05) is 0 Å². The van der Waals surface area contributed by atoms with Crippen LogP contribution in [0.5, 0.6) is 0 Å². The normalized spacial score (nSPS) is 21.6. The van der Waals surface area contributed by atoms with Gasteiger partial charge in [0.15, 0.2) is 0 Å². The van der Waals surface area contributed by atoms with Gasteiger partial charge in [-0.2, -0.15) is 0 Å². The lowest BCUT2D eigenvalue weighted by atomic mass is 10.1. The van der Waals surface area contributed by atoms with Crippen LogP contribution in [0.1, 0.15) is 24.0 Å². The van der Waals surface area contributed by atoms with E-state index in [0.717, 1.165) is 5.56 Å². The van der Waals surface area contributed by atoms with Gasteiger partial charge < -0.3 is 15.7 Å². The van der Waals surface area contributed by atoms with Crippen molar-refractivity contribution < 1.29 is 19.1 Å². The molecule has 3 rings (SSSR count). The number of aliphatic hydroxyl groups excluding tert-OH is 1. The Hall–Kier alpha value is -2.80. The van der Waals surface area contributed by atoms with Crippen molar-refractivity contribution in [3.05, 3.63) is 65.7 Å². The molecule has 1 heterocycles. The summed E-state index contributed by atoms with van der Waals surface area (Å²) in [6.07, 6.45) is 3.05. The number of carbonyl (C=O) groups is 2. The molecule has 1 aliphatic rings. The molecule has 1 aliphatic carbocycles. The lowest BCUT2D eigenvalue weighted by Gasteiger charge is -2.16. The topological polar surface area (TPSA) is 91.3 Å². The first-order valence-electron chi connectivity index (χ1n) is 8.90. The first-order chi connectivity index (χ1) is 13.0. The summed E-state index contributed by atoms with van der Waals surface area (Å²) in [5, 5.41) is 15.7. The van der Waals surface area contributed by atoms with Crippen LogP contribution in [0.3, 0.4) is 0 Å². The van der Waals surface area contributed by atoms with Crippen LogP contribution in [0.2, 0.25) is 0 Å². The maximum atomic E-state index is 13.6. The maximum absolute atomic E-state index is 13.6. The second-order valence-corrected chi connectivity index (χ2v) is 6.75. The highest BCUT2D eigenvalue weighted by Crippen LogP contribution is 2.26. The molecule has 6 nitrogen and oxygen atoms in total. The average Bonchev–Trinajstić information content (AvgIpc) is 3.03. The Morgan fingerprint density at radius 1 is 1.15 bits per heavy atom. The highest BCUT2D eigenvalue weighted by Gasteiger charge is 2.37. The quantitative estimate of drug-likeness (QED) is 0.715. The average molecular weight is 371 g/mol. The molecule has 0 saturated heterocycles. The monoisotopic (exact) mass is 371 g/mol. The molecular weight excluding hydrogens is 349 g/mol. The van der Waals surface area contributed by atoms with Crippen LogP contribution >= 0.6 is 0 Å². The van der Waals surface area contributed by atoms with Gasteiger partial charge in [-0.1, -0.05) is 18.2 Å². The number of amides is 2. The highest BCUT2D eigenvalue weighted by atomic mass is 19.1. The van der Waals surface area contributed by atoms with Crippen molar-refractivity contribution >= 4 is 11.8 Å². The Labute approximate surface area is 156 Å². The fourth-order valence-corrected chi connectivity index (χ4v) is 3.29. The number of halogens is 1. The van der Waals surface area contributed by atoms with E-state index in [0.29, 0.717) is 18.5 Å². The van der Waals surface area contributed by atoms with Crippen molar-refractivity contribution in [1.82, 2.24) is 15.6 Å². The Balaban J connectivity index is 1.49. The van der Waals surface area contributed by atoms with Gasteiger partial charge in [0.05, 0.1) is 18.6 Å². The minimum Gasteiger partial charge on any atom is -0.391 e.